The lowest BCUT2D eigenvalue weighted by Crippen LogP contribution is -2.24. The highest BCUT2D eigenvalue weighted by Gasteiger charge is 2.30. The fourth-order valence-corrected chi connectivity index (χ4v) is 1.82. The molecule has 0 aliphatic heterocycles. The van der Waals surface area contributed by atoms with E-state index < -0.39 is 11.7 Å². The van der Waals surface area contributed by atoms with E-state index in [0.29, 0.717) is 6.04 Å². The Bertz CT molecular complexity index is 383. The number of alkyl halides is 3. The second kappa shape index (κ2) is 6.23. The minimum atomic E-state index is -4.25. The highest BCUT2D eigenvalue weighted by Crippen LogP contribution is 2.30. The molecule has 0 aromatic heterocycles. The van der Waals surface area contributed by atoms with Crippen molar-refractivity contribution in [2.24, 2.45) is 0 Å². The maximum absolute atomic E-state index is 12.5. The molecule has 0 unspecified atom stereocenters. The molecule has 18 heavy (non-hydrogen) atoms. The van der Waals surface area contributed by atoms with E-state index in [4.69, 9.17) is 0 Å². The molecule has 0 atom stereocenters. The lowest BCUT2D eigenvalue weighted by Gasteiger charge is -2.12. The van der Waals surface area contributed by atoms with Crippen molar-refractivity contribution in [3.05, 3.63) is 34.9 Å². The van der Waals surface area contributed by atoms with E-state index >= 15 is 0 Å². The molecule has 0 bridgehead atoms. The molecule has 0 aliphatic carbocycles. The SMILES string of the molecule is Cc1cc(C(F)(F)F)ccc1CCCNC(C)C. The normalized spacial score (nSPS) is 12.2. The van der Waals surface area contributed by atoms with E-state index in [2.05, 4.69) is 19.2 Å². The minimum Gasteiger partial charge on any atom is -0.315 e. The molecule has 4 heteroatoms. The van der Waals surface area contributed by atoms with Crippen molar-refractivity contribution in [1.29, 1.82) is 0 Å². The molecule has 0 radical (unpaired) electrons. The van der Waals surface area contributed by atoms with E-state index in [1.165, 1.54) is 6.07 Å². The number of halogens is 3. The van der Waals surface area contributed by atoms with E-state index in [1.807, 2.05) is 0 Å². The van der Waals surface area contributed by atoms with Gasteiger partial charge in [0.25, 0.3) is 0 Å². The summed E-state index contributed by atoms with van der Waals surface area (Å²) in [5, 5.41) is 3.29. The van der Waals surface area contributed by atoms with Gasteiger partial charge in [-0.25, -0.2) is 0 Å². The van der Waals surface area contributed by atoms with Crippen molar-refractivity contribution in [2.75, 3.05) is 6.54 Å². The van der Waals surface area contributed by atoms with Crippen LogP contribution in [-0.4, -0.2) is 12.6 Å². The third-order valence-corrected chi connectivity index (χ3v) is 2.85. The van der Waals surface area contributed by atoms with E-state index in [1.54, 1.807) is 13.0 Å². The van der Waals surface area contributed by atoms with Crippen LogP contribution in [0.4, 0.5) is 13.2 Å². The van der Waals surface area contributed by atoms with Gasteiger partial charge in [-0.3, -0.25) is 0 Å². The Morgan fingerprint density at radius 3 is 2.39 bits per heavy atom. The van der Waals surface area contributed by atoms with Crippen molar-refractivity contribution in [3.8, 4) is 0 Å². The van der Waals surface area contributed by atoms with Gasteiger partial charge in [0.1, 0.15) is 0 Å². The maximum atomic E-state index is 12.5. The third kappa shape index (κ3) is 4.69. The van der Waals surface area contributed by atoms with Crippen LogP contribution in [0.1, 0.15) is 37.0 Å². The van der Waals surface area contributed by atoms with Crippen LogP contribution in [0.25, 0.3) is 0 Å². The third-order valence-electron chi connectivity index (χ3n) is 2.85. The van der Waals surface area contributed by atoms with Gasteiger partial charge < -0.3 is 5.32 Å². The summed E-state index contributed by atoms with van der Waals surface area (Å²) in [6, 6.07) is 4.43. The zero-order valence-corrected chi connectivity index (χ0v) is 11.1. The van der Waals surface area contributed by atoms with Crippen LogP contribution in [-0.2, 0) is 12.6 Å². The number of aryl methyl sites for hydroxylation is 2. The van der Waals surface area contributed by atoms with Gasteiger partial charge >= 0.3 is 6.18 Å². The van der Waals surface area contributed by atoms with Gasteiger partial charge in [0.15, 0.2) is 0 Å². The van der Waals surface area contributed by atoms with Crippen molar-refractivity contribution >= 4 is 0 Å². The molecule has 0 aliphatic rings. The van der Waals surface area contributed by atoms with Crippen LogP contribution >= 0.6 is 0 Å². The van der Waals surface area contributed by atoms with Gasteiger partial charge in [0.2, 0.25) is 0 Å². The Hall–Kier alpha value is -1.03. The van der Waals surface area contributed by atoms with Gasteiger partial charge in [-0.15, -0.1) is 0 Å². The quantitative estimate of drug-likeness (QED) is 0.790. The van der Waals surface area contributed by atoms with E-state index in [-0.39, 0.29) is 0 Å². The molecule has 102 valence electrons. The number of benzene rings is 1. The van der Waals surface area contributed by atoms with E-state index in [0.717, 1.165) is 36.6 Å². The number of hydrogen-bond donors (Lipinski definition) is 1. The van der Waals surface area contributed by atoms with Gasteiger partial charge in [-0.05, 0) is 49.6 Å². The first-order valence-electron chi connectivity index (χ1n) is 6.21. The molecule has 1 rings (SSSR count). The predicted octanol–water partition coefficient (Wildman–Crippen LogP) is 3.94. The predicted molar refractivity (Wildman–Crippen MR) is 67.6 cm³/mol. The number of hydrogen-bond acceptors (Lipinski definition) is 1. The van der Waals surface area contributed by atoms with Crippen molar-refractivity contribution in [1.82, 2.24) is 5.32 Å². The molecule has 1 nitrogen and oxygen atoms in total. The van der Waals surface area contributed by atoms with Crippen molar-refractivity contribution < 1.29 is 13.2 Å². The summed E-state index contributed by atoms with van der Waals surface area (Å²) >= 11 is 0. The second-order valence-electron chi connectivity index (χ2n) is 4.85. The minimum absolute atomic E-state index is 0.443. The van der Waals surface area contributed by atoms with Gasteiger partial charge in [-0.2, -0.15) is 13.2 Å². The molecule has 1 aromatic rings. The highest BCUT2D eigenvalue weighted by molar-refractivity contribution is 5.32. The molecular formula is C14H20F3N. The molecule has 1 N–H and O–H groups in total. The largest absolute Gasteiger partial charge is 0.416 e. The number of rotatable bonds is 5. The fourth-order valence-electron chi connectivity index (χ4n) is 1.82. The van der Waals surface area contributed by atoms with Crippen LogP contribution < -0.4 is 5.32 Å². The maximum Gasteiger partial charge on any atom is 0.416 e. The Labute approximate surface area is 106 Å². The average molecular weight is 259 g/mol. The first-order valence-corrected chi connectivity index (χ1v) is 6.21. The molecule has 1 aromatic carbocycles. The Morgan fingerprint density at radius 2 is 1.89 bits per heavy atom. The standard InChI is InChI=1S/C14H20F3N/c1-10(2)18-8-4-5-12-6-7-13(9-11(12)3)14(15,16)17/h6-7,9-10,18H,4-5,8H2,1-3H3. The van der Waals surface area contributed by atoms with Crippen molar-refractivity contribution in [3.63, 3.8) is 0 Å². The molecule has 0 saturated carbocycles. The summed E-state index contributed by atoms with van der Waals surface area (Å²) in [7, 11) is 0. The second-order valence-corrected chi connectivity index (χ2v) is 4.85. The molecule has 0 spiro atoms. The van der Waals surface area contributed by atoms with Crippen LogP contribution in [0.5, 0.6) is 0 Å². The molecule has 0 amide bonds. The fraction of sp³-hybridized carbons (Fsp3) is 0.571. The lowest BCUT2D eigenvalue weighted by molar-refractivity contribution is -0.137. The Kier molecular flexibility index (Phi) is 5.20. The summed E-state index contributed by atoms with van der Waals surface area (Å²) in [4.78, 5) is 0. The summed E-state index contributed by atoms with van der Waals surface area (Å²) in [5.41, 5.74) is 1.15. The number of nitrogens with one attached hydrogen (secondary N) is 1. The zero-order valence-electron chi connectivity index (χ0n) is 11.1. The lowest BCUT2D eigenvalue weighted by atomic mass is 10.0. The molecule has 0 saturated heterocycles. The first kappa shape index (κ1) is 15.0. The van der Waals surface area contributed by atoms with Crippen LogP contribution in [0.3, 0.4) is 0 Å². The van der Waals surface area contributed by atoms with E-state index in [9.17, 15) is 13.2 Å². The average Bonchev–Trinajstić information content (AvgIpc) is 2.24. The van der Waals surface area contributed by atoms with Crippen molar-refractivity contribution in [2.45, 2.75) is 45.8 Å². The zero-order chi connectivity index (χ0) is 13.8. The summed E-state index contributed by atoms with van der Waals surface area (Å²) < 4.78 is 37.5. The monoisotopic (exact) mass is 259 g/mol. The van der Waals surface area contributed by atoms with Gasteiger partial charge in [0.05, 0.1) is 5.56 Å². The smallest absolute Gasteiger partial charge is 0.315 e. The summed E-state index contributed by atoms with van der Waals surface area (Å²) in [6.07, 6.45) is -2.50. The molecule has 0 heterocycles. The highest BCUT2D eigenvalue weighted by atomic mass is 19.4. The van der Waals surface area contributed by atoms with Gasteiger partial charge in [0, 0.05) is 6.04 Å². The summed E-state index contributed by atoms with van der Waals surface area (Å²) in [6.45, 7) is 6.77. The van der Waals surface area contributed by atoms with Gasteiger partial charge in [-0.1, -0.05) is 19.9 Å². The van der Waals surface area contributed by atoms with Crippen LogP contribution in [0.15, 0.2) is 18.2 Å². The Morgan fingerprint density at radius 1 is 1.22 bits per heavy atom. The topological polar surface area (TPSA) is 12.0 Å². The van der Waals surface area contributed by atoms with Crippen LogP contribution in [0.2, 0.25) is 0 Å². The first-order chi connectivity index (χ1) is 8.30. The molecule has 0 fully saturated rings. The van der Waals surface area contributed by atoms with Crippen LogP contribution in [0, 0.1) is 6.92 Å². The Balaban J connectivity index is 2.58. The molecular weight excluding hydrogens is 239 g/mol. The summed E-state index contributed by atoms with van der Waals surface area (Å²) in [5.74, 6) is 0.